The van der Waals surface area contributed by atoms with Gasteiger partial charge in [-0.25, -0.2) is 9.78 Å². The smallest absolute Gasteiger partial charge is 0.337 e. The minimum Gasteiger partial charge on any atom is -0.478 e. The Kier molecular flexibility index (Phi) is 5.58. The van der Waals surface area contributed by atoms with Crippen LogP contribution in [0.3, 0.4) is 0 Å². The molecule has 0 radical (unpaired) electrons. The zero-order valence-electron chi connectivity index (χ0n) is 11.7. The quantitative estimate of drug-likeness (QED) is 0.558. The fourth-order valence-corrected chi connectivity index (χ4v) is 1.72. The van der Waals surface area contributed by atoms with E-state index in [1.807, 2.05) is 6.92 Å². The summed E-state index contributed by atoms with van der Waals surface area (Å²) in [5, 5.41) is 22.4. The number of likely N-dealkylation sites (N-methyl/N-ethyl adjacent to an activating group) is 1. The monoisotopic (exact) mass is 296 g/mol. The number of amides is 1. The molecule has 0 aliphatic carbocycles. The maximum absolute atomic E-state index is 11.5. The van der Waals surface area contributed by atoms with E-state index in [2.05, 4.69) is 10.3 Å². The average Bonchev–Trinajstić information content (AvgIpc) is 2.45. The van der Waals surface area contributed by atoms with Crippen molar-refractivity contribution >= 4 is 23.4 Å². The fourth-order valence-electron chi connectivity index (χ4n) is 1.72. The molecule has 0 unspecified atom stereocenters. The maximum atomic E-state index is 11.5. The molecule has 1 amide bonds. The summed E-state index contributed by atoms with van der Waals surface area (Å²) in [6, 6.07) is 0.942. The van der Waals surface area contributed by atoms with E-state index in [0.29, 0.717) is 13.0 Å². The van der Waals surface area contributed by atoms with Gasteiger partial charge in [-0.15, -0.1) is 0 Å². The predicted molar refractivity (Wildman–Crippen MR) is 74.4 cm³/mol. The van der Waals surface area contributed by atoms with Crippen molar-refractivity contribution in [3.8, 4) is 0 Å². The Morgan fingerprint density at radius 2 is 2.19 bits per heavy atom. The molecule has 0 aliphatic rings. The van der Waals surface area contributed by atoms with Gasteiger partial charge in [-0.1, -0.05) is 6.92 Å². The second-order valence-electron chi connectivity index (χ2n) is 4.22. The number of hydrogen-bond acceptors (Lipinski definition) is 6. The second kappa shape index (κ2) is 7.17. The molecule has 0 spiro atoms. The van der Waals surface area contributed by atoms with Gasteiger partial charge in [-0.2, -0.15) is 0 Å². The van der Waals surface area contributed by atoms with Gasteiger partial charge in [0.1, 0.15) is 0 Å². The van der Waals surface area contributed by atoms with Crippen LogP contribution in [0.15, 0.2) is 12.3 Å². The summed E-state index contributed by atoms with van der Waals surface area (Å²) in [6.45, 7) is 2.15. The number of carboxylic acids is 1. The number of nitrogens with zero attached hydrogens (tertiary/aromatic N) is 3. The average molecular weight is 296 g/mol. The number of carboxylic acid groups (broad SMARTS) is 1. The standard InChI is InChI=1S/C12H16N4O5/c1-3-4-15(7-10(17)13-2)11-9(16(20)21)5-8(6-14-11)12(18)19/h5-6H,3-4,7H2,1-2H3,(H,13,17)(H,18,19). The molecule has 9 heteroatoms. The molecule has 1 rings (SSSR count). The van der Waals surface area contributed by atoms with Crippen LogP contribution in [0.2, 0.25) is 0 Å². The third-order valence-electron chi connectivity index (χ3n) is 2.70. The number of rotatable bonds is 7. The van der Waals surface area contributed by atoms with Crippen molar-refractivity contribution in [2.24, 2.45) is 0 Å². The van der Waals surface area contributed by atoms with Gasteiger partial charge < -0.3 is 15.3 Å². The molecule has 21 heavy (non-hydrogen) atoms. The van der Waals surface area contributed by atoms with Crippen LogP contribution >= 0.6 is 0 Å². The molecule has 1 aromatic rings. The Labute approximate surface area is 120 Å². The molecule has 114 valence electrons. The first-order valence-electron chi connectivity index (χ1n) is 6.24. The minimum absolute atomic E-state index is 0.0181. The number of anilines is 1. The first-order chi connectivity index (χ1) is 9.90. The van der Waals surface area contributed by atoms with E-state index < -0.39 is 16.6 Å². The summed E-state index contributed by atoms with van der Waals surface area (Å²) in [7, 11) is 1.46. The third-order valence-corrected chi connectivity index (χ3v) is 2.70. The molecule has 0 aliphatic heterocycles. The van der Waals surface area contributed by atoms with E-state index in [1.54, 1.807) is 0 Å². The second-order valence-corrected chi connectivity index (χ2v) is 4.22. The number of hydrogen-bond donors (Lipinski definition) is 2. The van der Waals surface area contributed by atoms with Crippen LogP contribution in [0, 0.1) is 10.1 Å². The molecular formula is C12H16N4O5. The van der Waals surface area contributed by atoms with E-state index in [4.69, 9.17) is 5.11 Å². The number of carbonyl (C=O) groups is 2. The van der Waals surface area contributed by atoms with Crippen LogP contribution < -0.4 is 10.2 Å². The number of nitrogens with one attached hydrogen (secondary N) is 1. The van der Waals surface area contributed by atoms with Crippen molar-refractivity contribution in [1.29, 1.82) is 0 Å². The van der Waals surface area contributed by atoms with Crippen molar-refractivity contribution in [2.75, 3.05) is 25.0 Å². The lowest BCUT2D eigenvalue weighted by Gasteiger charge is -2.21. The van der Waals surface area contributed by atoms with Crippen molar-refractivity contribution in [3.63, 3.8) is 0 Å². The van der Waals surface area contributed by atoms with E-state index >= 15 is 0 Å². The maximum Gasteiger partial charge on any atom is 0.337 e. The molecular weight excluding hydrogens is 280 g/mol. The first-order valence-corrected chi connectivity index (χ1v) is 6.24. The Balaban J connectivity index is 3.26. The first kappa shape index (κ1) is 16.3. The minimum atomic E-state index is -1.30. The highest BCUT2D eigenvalue weighted by atomic mass is 16.6. The van der Waals surface area contributed by atoms with E-state index in [1.165, 1.54) is 11.9 Å². The van der Waals surface area contributed by atoms with Gasteiger partial charge >= 0.3 is 11.7 Å². The lowest BCUT2D eigenvalue weighted by Crippen LogP contribution is -2.37. The topological polar surface area (TPSA) is 126 Å². The molecule has 0 fully saturated rings. The molecule has 1 heterocycles. The molecule has 0 bridgehead atoms. The van der Waals surface area contributed by atoms with Gasteiger partial charge in [0.2, 0.25) is 11.7 Å². The van der Waals surface area contributed by atoms with E-state index in [9.17, 15) is 19.7 Å². The fraction of sp³-hybridized carbons (Fsp3) is 0.417. The highest BCUT2D eigenvalue weighted by molar-refractivity contribution is 5.89. The third kappa shape index (κ3) is 4.13. The van der Waals surface area contributed by atoms with Gasteiger partial charge in [0.15, 0.2) is 0 Å². The van der Waals surface area contributed by atoms with Crippen molar-refractivity contribution in [2.45, 2.75) is 13.3 Å². The van der Waals surface area contributed by atoms with Gasteiger partial charge in [-0.3, -0.25) is 14.9 Å². The number of aromatic carboxylic acids is 1. The van der Waals surface area contributed by atoms with Crippen LogP contribution in [-0.2, 0) is 4.79 Å². The van der Waals surface area contributed by atoms with E-state index in [-0.39, 0.29) is 23.8 Å². The van der Waals surface area contributed by atoms with Crippen LogP contribution in [0.25, 0.3) is 0 Å². The highest BCUT2D eigenvalue weighted by Crippen LogP contribution is 2.26. The molecule has 1 aromatic heterocycles. The van der Waals surface area contributed by atoms with Gasteiger partial charge in [-0.05, 0) is 6.42 Å². The summed E-state index contributed by atoms with van der Waals surface area (Å²) in [5.41, 5.74) is -0.714. The largest absolute Gasteiger partial charge is 0.478 e. The summed E-state index contributed by atoms with van der Waals surface area (Å²) < 4.78 is 0. The zero-order chi connectivity index (χ0) is 16.0. The number of aromatic nitrogens is 1. The van der Waals surface area contributed by atoms with Crippen molar-refractivity contribution < 1.29 is 19.6 Å². The number of carbonyl (C=O) groups excluding carboxylic acids is 1. The Hall–Kier alpha value is -2.71. The van der Waals surface area contributed by atoms with E-state index in [0.717, 1.165) is 12.3 Å². The van der Waals surface area contributed by atoms with Crippen molar-refractivity contribution in [3.05, 3.63) is 27.9 Å². The van der Waals surface area contributed by atoms with Crippen LogP contribution in [0.1, 0.15) is 23.7 Å². The molecule has 2 N–H and O–H groups in total. The molecule has 9 nitrogen and oxygen atoms in total. The zero-order valence-corrected chi connectivity index (χ0v) is 11.7. The molecule has 0 aromatic carbocycles. The van der Waals surface area contributed by atoms with Crippen LogP contribution in [-0.4, -0.2) is 47.0 Å². The summed E-state index contributed by atoms with van der Waals surface area (Å²) in [6.07, 6.45) is 1.69. The summed E-state index contributed by atoms with van der Waals surface area (Å²) >= 11 is 0. The van der Waals surface area contributed by atoms with Crippen LogP contribution in [0.5, 0.6) is 0 Å². The Morgan fingerprint density at radius 3 is 2.67 bits per heavy atom. The lowest BCUT2D eigenvalue weighted by atomic mass is 10.2. The number of nitro groups is 1. The van der Waals surface area contributed by atoms with Crippen molar-refractivity contribution in [1.82, 2.24) is 10.3 Å². The highest BCUT2D eigenvalue weighted by Gasteiger charge is 2.24. The molecule has 0 saturated heterocycles. The predicted octanol–water partition coefficient (Wildman–Crippen LogP) is 0.650. The Bertz CT molecular complexity index is 561. The van der Waals surface area contributed by atoms with Crippen LogP contribution in [0.4, 0.5) is 11.5 Å². The van der Waals surface area contributed by atoms with Gasteiger partial charge in [0.05, 0.1) is 17.0 Å². The lowest BCUT2D eigenvalue weighted by molar-refractivity contribution is -0.384. The SMILES string of the molecule is CCCN(CC(=O)NC)c1ncc(C(=O)O)cc1[N+](=O)[O-]. The summed E-state index contributed by atoms with van der Waals surface area (Å²) in [4.78, 5) is 38.0. The van der Waals surface area contributed by atoms with Gasteiger partial charge in [0, 0.05) is 25.9 Å². The molecule has 0 saturated carbocycles. The normalized spacial score (nSPS) is 10.0. The van der Waals surface area contributed by atoms with Gasteiger partial charge in [0.25, 0.3) is 0 Å². The molecule has 0 atom stereocenters. The number of pyridine rings is 1. The Morgan fingerprint density at radius 1 is 1.52 bits per heavy atom. The summed E-state index contributed by atoms with van der Waals surface area (Å²) in [5.74, 6) is -1.64.